The van der Waals surface area contributed by atoms with Crippen molar-refractivity contribution in [3.05, 3.63) is 23.8 Å². The van der Waals surface area contributed by atoms with Crippen molar-refractivity contribution in [2.75, 3.05) is 42.5 Å². The van der Waals surface area contributed by atoms with E-state index >= 15 is 0 Å². The summed E-state index contributed by atoms with van der Waals surface area (Å²) in [5, 5.41) is 0. The quantitative estimate of drug-likeness (QED) is 0.726. The van der Waals surface area contributed by atoms with E-state index in [2.05, 4.69) is 30.9 Å². The fraction of sp³-hybridized carbons (Fsp3) is 0.636. The number of nitrogens with zero attached hydrogens (tertiary/aromatic N) is 3. The summed E-state index contributed by atoms with van der Waals surface area (Å²) in [4.78, 5) is 30.9. The summed E-state index contributed by atoms with van der Waals surface area (Å²) < 4.78 is 0. The third-order valence-corrected chi connectivity index (χ3v) is 5.49. The van der Waals surface area contributed by atoms with Gasteiger partial charge >= 0.3 is 0 Å². The first-order chi connectivity index (χ1) is 13.0. The van der Waals surface area contributed by atoms with Crippen molar-refractivity contribution in [1.29, 1.82) is 0 Å². The van der Waals surface area contributed by atoms with E-state index in [1.807, 2.05) is 17.9 Å². The highest BCUT2D eigenvalue weighted by atomic mass is 16.2. The molecule has 0 saturated carbocycles. The van der Waals surface area contributed by atoms with E-state index in [-0.39, 0.29) is 11.8 Å². The molecule has 1 aromatic carbocycles. The van der Waals surface area contributed by atoms with Crippen molar-refractivity contribution < 1.29 is 9.59 Å². The Bertz CT molecular complexity index is 632. The zero-order valence-electron chi connectivity index (χ0n) is 17.5. The Balaban J connectivity index is 2.08. The predicted molar refractivity (Wildman–Crippen MR) is 112 cm³/mol. The molecule has 2 rings (SSSR count). The number of benzene rings is 1. The summed E-state index contributed by atoms with van der Waals surface area (Å²) >= 11 is 0. The van der Waals surface area contributed by atoms with Crippen LogP contribution in [0.4, 0.5) is 11.4 Å². The topological polar surface area (TPSA) is 43.9 Å². The van der Waals surface area contributed by atoms with Gasteiger partial charge in [0.2, 0.25) is 11.8 Å². The van der Waals surface area contributed by atoms with Crippen LogP contribution in [0.3, 0.4) is 0 Å². The van der Waals surface area contributed by atoms with Gasteiger partial charge in [0.05, 0.1) is 0 Å². The average molecular weight is 374 g/mol. The number of hydrogen-bond acceptors (Lipinski definition) is 3. The van der Waals surface area contributed by atoms with Gasteiger partial charge in [0.15, 0.2) is 0 Å². The number of aryl methyl sites for hydroxylation is 1. The van der Waals surface area contributed by atoms with E-state index in [1.54, 1.807) is 11.8 Å². The number of likely N-dealkylation sites (tertiary alicyclic amines) is 1. The predicted octanol–water partition coefficient (Wildman–Crippen LogP) is 3.99. The molecule has 27 heavy (non-hydrogen) atoms. The van der Waals surface area contributed by atoms with E-state index in [9.17, 15) is 9.59 Å². The molecule has 1 fully saturated rings. The van der Waals surface area contributed by atoms with Crippen LogP contribution in [-0.2, 0) is 9.59 Å². The van der Waals surface area contributed by atoms with Crippen LogP contribution in [0.25, 0.3) is 0 Å². The lowest BCUT2D eigenvalue weighted by atomic mass is 10.1. The maximum atomic E-state index is 12.6. The standard InChI is InChI=1S/C22H35N3O2/c1-5-23(6-2)20-11-12-21(18(3)17-20)25(19(4)26)16-13-22(27)24-14-9-7-8-10-15-24/h11-12,17H,5-10,13-16H2,1-4H3. The third-order valence-electron chi connectivity index (χ3n) is 5.49. The van der Waals surface area contributed by atoms with Crippen LogP contribution in [0.5, 0.6) is 0 Å². The van der Waals surface area contributed by atoms with Gasteiger partial charge in [-0.2, -0.15) is 0 Å². The minimum absolute atomic E-state index is 0.0163. The summed E-state index contributed by atoms with van der Waals surface area (Å²) in [7, 11) is 0. The van der Waals surface area contributed by atoms with Crippen molar-refractivity contribution >= 4 is 23.2 Å². The van der Waals surface area contributed by atoms with E-state index in [0.29, 0.717) is 13.0 Å². The van der Waals surface area contributed by atoms with Crippen LogP contribution in [0.1, 0.15) is 58.4 Å². The Morgan fingerprint density at radius 1 is 1.04 bits per heavy atom. The Hall–Kier alpha value is -2.04. The number of hydrogen-bond donors (Lipinski definition) is 0. The molecular weight excluding hydrogens is 338 g/mol. The molecule has 0 aromatic heterocycles. The molecule has 0 atom stereocenters. The SMILES string of the molecule is CCN(CC)c1ccc(N(CCC(=O)N2CCCCCC2)C(C)=O)c(C)c1. The number of carbonyl (C=O) groups excluding carboxylic acids is 2. The van der Waals surface area contributed by atoms with Gasteiger partial charge in [-0.25, -0.2) is 0 Å². The van der Waals surface area contributed by atoms with E-state index in [1.165, 1.54) is 18.5 Å². The highest BCUT2D eigenvalue weighted by molar-refractivity contribution is 5.93. The lowest BCUT2D eigenvalue weighted by Gasteiger charge is -2.27. The van der Waals surface area contributed by atoms with Crippen LogP contribution in [0.15, 0.2) is 18.2 Å². The molecule has 0 unspecified atom stereocenters. The third kappa shape index (κ3) is 5.72. The van der Waals surface area contributed by atoms with Crippen molar-refractivity contribution in [2.45, 2.75) is 59.8 Å². The molecule has 1 saturated heterocycles. The van der Waals surface area contributed by atoms with E-state index < -0.39 is 0 Å². The highest BCUT2D eigenvalue weighted by Gasteiger charge is 2.20. The molecule has 0 bridgehead atoms. The minimum atomic E-state index is -0.0163. The monoisotopic (exact) mass is 373 g/mol. The van der Waals surface area contributed by atoms with Gasteiger partial charge in [-0.15, -0.1) is 0 Å². The average Bonchev–Trinajstić information content (AvgIpc) is 2.93. The summed E-state index contributed by atoms with van der Waals surface area (Å²) in [5.41, 5.74) is 3.14. The second-order valence-corrected chi connectivity index (χ2v) is 7.36. The van der Waals surface area contributed by atoms with Crippen LogP contribution in [-0.4, -0.2) is 49.4 Å². The van der Waals surface area contributed by atoms with Crippen molar-refractivity contribution in [3.8, 4) is 0 Å². The first-order valence-corrected chi connectivity index (χ1v) is 10.4. The maximum absolute atomic E-state index is 12.6. The van der Waals surface area contributed by atoms with E-state index in [4.69, 9.17) is 0 Å². The van der Waals surface area contributed by atoms with Gasteiger partial charge in [0, 0.05) is 57.4 Å². The fourth-order valence-corrected chi connectivity index (χ4v) is 3.86. The largest absolute Gasteiger partial charge is 0.372 e. The zero-order chi connectivity index (χ0) is 19.8. The number of carbonyl (C=O) groups is 2. The van der Waals surface area contributed by atoms with Crippen LogP contribution in [0, 0.1) is 6.92 Å². The number of amides is 2. The second-order valence-electron chi connectivity index (χ2n) is 7.36. The number of anilines is 2. The highest BCUT2D eigenvalue weighted by Crippen LogP contribution is 2.26. The first-order valence-electron chi connectivity index (χ1n) is 10.4. The molecule has 1 heterocycles. The number of rotatable bonds is 7. The summed E-state index contributed by atoms with van der Waals surface area (Å²) in [5.74, 6) is 0.151. The zero-order valence-corrected chi connectivity index (χ0v) is 17.5. The van der Waals surface area contributed by atoms with Crippen LogP contribution in [0.2, 0.25) is 0 Å². The minimum Gasteiger partial charge on any atom is -0.372 e. The molecule has 1 aliphatic rings. The Labute approximate surface area is 164 Å². The molecular formula is C22H35N3O2. The van der Waals surface area contributed by atoms with Crippen molar-refractivity contribution in [1.82, 2.24) is 4.90 Å². The van der Waals surface area contributed by atoms with Gasteiger partial charge in [-0.05, 0) is 57.4 Å². The Morgan fingerprint density at radius 2 is 1.67 bits per heavy atom. The molecule has 0 radical (unpaired) electrons. The maximum Gasteiger partial charge on any atom is 0.224 e. The molecule has 1 aromatic rings. The van der Waals surface area contributed by atoms with Gasteiger partial charge < -0.3 is 14.7 Å². The molecule has 2 amide bonds. The smallest absolute Gasteiger partial charge is 0.224 e. The molecule has 5 nitrogen and oxygen atoms in total. The second kappa shape index (κ2) is 10.3. The molecule has 1 aliphatic heterocycles. The molecule has 150 valence electrons. The molecule has 5 heteroatoms. The van der Waals surface area contributed by atoms with Gasteiger partial charge in [-0.1, -0.05) is 12.8 Å². The van der Waals surface area contributed by atoms with Gasteiger partial charge in [0.1, 0.15) is 0 Å². The summed E-state index contributed by atoms with van der Waals surface area (Å²) in [6.07, 6.45) is 4.99. The summed E-state index contributed by atoms with van der Waals surface area (Å²) in [6.45, 7) is 12.0. The van der Waals surface area contributed by atoms with Crippen LogP contribution < -0.4 is 9.80 Å². The Morgan fingerprint density at radius 3 is 2.19 bits per heavy atom. The summed E-state index contributed by atoms with van der Waals surface area (Å²) in [6, 6.07) is 6.22. The normalized spacial score (nSPS) is 14.6. The van der Waals surface area contributed by atoms with E-state index in [0.717, 1.165) is 50.3 Å². The van der Waals surface area contributed by atoms with Gasteiger partial charge in [0.25, 0.3) is 0 Å². The fourth-order valence-electron chi connectivity index (χ4n) is 3.86. The molecule has 0 spiro atoms. The first kappa shape index (κ1) is 21.3. The molecule has 0 N–H and O–H groups in total. The lowest BCUT2D eigenvalue weighted by molar-refractivity contribution is -0.131. The van der Waals surface area contributed by atoms with Gasteiger partial charge in [-0.3, -0.25) is 9.59 Å². The van der Waals surface area contributed by atoms with Crippen LogP contribution >= 0.6 is 0 Å². The lowest BCUT2D eigenvalue weighted by Crippen LogP contribution is -2.37. The van der Waals surface area contributed by atoms with Crippen molar-refractivity contribution in [2.24, 2.45) is 0 Å². The Kier molecular flexibility index (Phi) is 8.14. The van der Waals surface area contributed by atoms with Crippen molar-refractivity contribution in [3.63, 3.8) is 0 Å². The molecule has 0 aliphatic carbocycles.